The minimum atomic E-state index is -0.951. The predicted octanol–water partition coefficient (Wildman–Crippen LogP) is 2.68. The molecule has 2 aromatic rings. The maximum absolute atomic E-state index is 14.1. The Labute approximate surface area is 208 Å². The second-order valence-corrected chi connectivity index (χ2v) is 10.1. The van der Waals surface area contributed by atoms with Gasteiger partial charge in [0.2, 0.25) is 5.91 Å². The van der Waals surface area contributed by atoms with Crippen molar-refractivity contribution in [3.63, 3.8) is 0 Å². The fourth-order valence-electron chi connectivity index (χ4n) is 4.76. The molecule has 5 rings (SSSR count). The molecule has 3 heterocycles. The number of thioether (sulfide) groups is 1. The number of cyclic esters (lactones) is 1. The van der Waals surface area contributed by atoms with Crippen molar-refractivity contribution in [3.05, 3.63) is 60.2 Å². The average molecular weight is 494 g/mol. The summed E-state index contributed by atoms with van der Waals surface area (Å²) < 4.78 is 5.15. The van der Waals surface area contributed by atoms with Crippen LogP contribution in [0.3, 0.4) is 0 Å². The standard InChI is InChI=1S/C26H27N3O5S/c30-21(28-14-6-7-15-28)16-29-18-10-4-5-11-20(18)35-24(17-8-2-1-3-9-17)23(26(29)33)27-25(32)19-12-13-22(31)34-19/h1-5,8-11,19,23-24H,6-7,12-16H2,(H,27,32)/t19-,23-,24+/m0/s1. The predicted molar refractivity (Wildman–Crippen MR) is 131 cm³/mol. The molecule has 3 aliphatic rings. The zero-order chi connectivity index (χ0) is 24.4. The number of hydrogen-bond donors (Lipinski definition) is 1. The molecular weight excluding hydrogens is 466 g/mol. The van der Waals surface area contributed by atoms with Crippen molar-refractivity contribution in [1.29, 1.82) is 0 Å². The van der Waals surface area contributed by atoms with Crippen LogP contribution >= 0.6 is 11.8 Å². The first-order valence-electron chi connectivity index (χ1n) is 11.9. The van der Waals surface area contributed by atoms with E-state index in [0.717, 1.165) is 23.3 Å². The monoisotopic (exact) mass is 493 g/mol. The third-order valence-electron chi connectivity index (χ3n) is 6.60. The fraction of sp³-hybridized carbons (Fsp3) is 0.385. The van der Waals surface area contributed by atoms with Gasteiger partial charge in [-0.1, -0.05) is 42.5 Å². The lowest BCUT2D eigenvalue weighted by Gasteiger charge is -2.30. The van der Waals surface area contributed by atoms with Crippen molar-refractivity contribution >= 4 is 41.1 Å². The molecule has 3 aliphatic heterocycles. The lowest BCUT2D eigenvalue weighted by molar-refractivity contribution is -0.148. The number of hydrogen-bond acceptors (Lipinski definition) is 6. The van der Waals surface area contributed by atoms with Crippen LogP contribution in [0.1, 0.15) is 36.5 Å². The highest BCUT2D eigenvalue weighted by Gasteiger charge is 2.42. The summed E-state index contributed by atoms with van der Waals surface area (Å²) >= 11 is 1.48. The number of ether oxygens (including phenoxy) is 1. The smallest absolute Gasteiger partial charge is 0.306 e. The van der Waals surface area contributed by atoms with Crippen LogP contribution in [-0.4, -0.2) is 60.4 Å². The Morgan fingerprint density at radius 1 is 1.00 bits per heavy atom. The van der Waals surface area contributed by atoms with E-state index >= 15 is 0 Å². The topological polar surface area (TPSA) is 96.0 Å². The van der Waals surface area contributed by atoms with Gasteiger partial charge in [-0.2, -0.15) is 0 Å². The number of esters is 1. The number of carbonyl (C=O) groups is 4. The van der Waals surface area contributed by atoms with E-state index in [2.05, 4.69) is 5.32 Å². The number of nitrogens with zero attached hydrogens (tertiary/aromatic N) is 2. The van der Waals surface area contributed by atoms with Gasteiger partial charge in [0.25, 0.3) is 11.8 Å². The Morgan fingerprint density at radius 2 is 1.71 bits per heavy atom. The number of likely N-dealkylation sites (tertiary alicyclic amines) is 1. The van der Waals surface area contributed by atoms with E-state index in [0.29, 0.717) is 18.8 Å². The van der Waals surface area contributed by atoms with E-state index in [1.165, 1.54) is 16.7 Å². The molecule has 2 aromatic carbocycles. The van der Waals surface area contributed by atoms with Crippen molar-refractivity contribution in [2.45, 2.75) is 48.0 Å². The van der Waals surface area contributed by atoms with Crippen molar-refractivity contribution in [1.82, 2.24) is 10.2 Å². The minimum absolute atomic E-state index is 0.0945. The molecule has 2 fully saturated rings. The first kappa shape index (κ1) is 23.4. The molecule has 0 bridgehead atoms. The Kier molecular flexibility index (Phi) is 6.77. The highest BCUT2D eigenvalue weighted by molar-refractivity contribution is 7.99. The van der Waals surface area contributed by atoms with E-state index in [1.807, 2.05) is 54.6 Å². The number of para-hydroxylation sites is 1. The third-order valence-corrected chi connectivity index (χ3v) is 8.00. The fourth-order valence-corrected chi connectivity index (χ4v) is 6.11. The SMILES string of the molecule is O=C1CC[C@@H](C(=O)N[C@@H]2C(=O)N(CC(=O)N3CCCC3)c3ccccc3S[C@@H]2c2ccccc2)O1. The molecule has 0 aliphatic carbocycles. The van der Waals surface area contributed by atoms with Crippen LogP contribution in [0.5, 0.6) is 0 Å². The van der Waals surface area contributed by atoms with Crippen molar-refractivity contribution in [2.75, 3.05) is 24.5 Å². The molecular formula is C26H27N3O5S. The van der Waals surface area contributed by atoms with Gasteiger partial charge in [0.1, 0.15) is 12.6 Å². The minimum Gasteiger partial charge on any atom is -0.452 e. The van der Waals surface area contributed by atoms with Gasteiger partial charge in [0.15, 0.2) is 6.10 Å². The molecule has 2 saturated heterocycles. The van der Waals surface area contributed by atoms with Gasteiger partial charge < -0.3 is 19.9 Å². The molecule has 35 heavy (non-hydrogen) atoms. The van der Waals surface area contributed by atoms with Gasteiger partial charge in [-0.3, -0.25) is 19.2 Å². The summed E-state index contributed by atoms with van der Waals surface area (Å²) in [5.74, 6) is -1.38. The van der Waals surface area contributed by atoms with Crippen LogP contribution in [0.15, 0.2) is 59.5 Å². The van der Waals surface area contributed by atoms with E-state index in [-0.39, 0.29) is 31.2 Å². The largest absolute Gasteiger partial charge is 0.452 e. The van der Waals surface area contributed by atoms with Crippen LogP contribution in [0.2, 0.25) is 0 Å². The van der Waals surface area contributed by atoms with Gasteiger partial charge in [0.05, 0.1) is 10.9 Å². The zero-order valence-corrected chi connectivity index (χ0v) is 20.0. The van der Waals surface area contributed by atoms with E-state index < -0.39 is 29.3 Å². The maximum atomic E-state index is 14.1. The lowest BCUT2D eigenvalue weighted by Crippen LogP contribution is -2.54. The van der Waals surface area contributed by atoms with E-state index in [1.54, 1.807) is 4.90 Å². The van der Waals surface area contributed by atoms with Crippen molar-refractivity contribution in [3.8, 4) is 0 Å². The van der Waals surface area contributed by atoms with Crippen LogP contribution in [0, 0.1) is 0 Å². The molecule has 3 atom stereocenters. The average Bonchev–Trinajstić information content (AvgIpc) is 3.55. The molecule has 0 unspecified atom stereocenters. The number of nitrogens with one attached hydrogen (secondary N) is 1. The number of rotatable bonds is 5. The Bertz CT molecular complexity index is 1130. The van der Waals surface area contributed by atoms with Gasteiger partial charge in [-0.15, -0.1) is 11.8 Å². The summed E-state index contributed by atoms with van der Waals surface area (Å²) in [7, 11) is 0. The number of carbonyl (C=O) groups excluding carboxylic acids is 4. The summed E-state index contributed by atoms with van der Waals surface area (Å²) in [4.78, 5) is 55.9. The molecule has 0 saturated carbocycles. The zero-order valence-electron chi connectivity index (χ0n) is 19.2. The summed E-state index contributed by atoms with van der Waals surface area (Å²) in [6.45, 7) is 1.29. The van der Waals surface area contributed by atoms with Crippen molar-refractivity contribution in [2.24, 2.45) is 0 Å². The molecule has 9 heteroatoms. The van der Waals surface area contributed by atoms with Crippen molar-refractivity contribution < 1.29 is 23.9 Å². The molecule has 182 valence electrons. The van der Waals surface area contributed by atoms with Crippen LogP contribution in [0.25, 0.3) is 0 Å². The van der Waals surface area contributed by atoms with Gasteiger partial charge in [0, 0.05) is 30.8 Å². The second kappa shape index (κ2) is 10.1. The van der Waals surface area contributed by atoms with E-state index in [4.69, 9.17) is 4.74 Å². The quantitative estimate of drug-likeness (QED) is 0.644. The van der Waals surface area contributed by atoms with Crippen LogP contribution < -0.4 is 10.2 Å². The van der Waals surface area contributed by atoms with Gasteiger partial charge in [-0.05, 0) is 30.5 Å². The molecule has 1 N–H and O–H groups in total. The first-order valence-corrected chi connectivity index (χ1v) is 12.8. The summed E-state index contributed by atoms with van der Waals surface area (Å²) in [6.07, 6.45) is 1.46. The highest BCUT2D eigenvalue weighted by Crippen LogP contribution is 2.45. The third kappa shape index (κ3) is 4.91. The Hall–Kier alpha value is -3.33. The summed E-state index contributed by atoms with van der Waals surface area (Å²) in [6, 6.07) is 16.1. The van der Waals surface area contributed by atoms with Gasteiger partial charge in [-0.25, -0.2) is 0 Å². The Balaban J connectivity index is 1.51. The molecule has 3 amide bonds. The number of anilines is 1. The first-order chi connectivity index (χ1) is 17.0. The van der Waals surface area contributed by atoms with Gasteiger partial charge >= 0.3 is 5.97 Å². The molecule has 8 nitrogen and oxygen atoms in total. The van der Waals surface area contributed by atoms with Crippen LogP contribution in [-0.2, 0) is 23.9 Å². The maximum Gasteiger partial charge on any atom is 0.306 e. The number of amides is 3. The molecule has 0 aromatic heterocycles. The second-order valence-electron chi connectivity index (χ2n) is 8.93. The molecule has 0 spiro atoms. The van der Waals surface area contributed by atoms with Crippen LogP contribution in [0.4, 0.5) is 5.69 Å². The molecule has 0 radical (unpaired) electrons. The summed E-state index contributed by atoms with van der Waals surface area (Å²) in [5, 5.41) is 2.44. The normalized spacial score (nSPS) is 24.1. The number of benzene rings is 2. The van der Waals surface area contributed by atoms with E-state index in [9.17, 15) is 19.2 Å². The highest BCUT2D eigenvalue weighted by atomic mass is 32.2. The summed E-state index contributed by atoms with van der Waals surface area (Å²) in [5.41, 5.74) is 1.53. The Morgan fingerprint density at radius 3 is 2.43 bits per heavy atom. The lowest BCUT2D eigenvalue weighted by atomic mass is 10.0. The number of fused-ring (bicyclic) bond motifs is 1.